The molecule has 0 bridgehead atoms. The summed E-state index contributed by atoms with van der Waals surface area (Å²) >= 11 is 0. The van der Waals surface area contributed by atoms with E-state index in [1.165, 1.54) is 11.1 Å². The average Bonchev–Trinajstić information content (AvgIpc) is 3.37. The van der Waals surface area contributed by atoms with Gasteiger partial charge in [-0.15, -0.1) is 0 Å². The van der Waals surface area contributed by atoms with Gasteiger partial charge >= 0.3 is 0 Å². The van der Waals surface area contributed by atoms with E-state index in [4.69, 9.17) is 5.11 Å². The summed E-state index contributed by atoms with van der Waals surface area (Å²) in [6, 6.07) is 9.13. The fraction of sp³-hybridized carbons (Fsp3) is 0.611. The van der Waals surface area contributed by atoms with Gasteiger partial charge in [0.1, 0.15) is 0 Å². The maximum absolute atomic E-state index is 12.6. The molecule has 1 amide bonds. The van der Waals surface area contributed by atoms with Crippen LogP contribution in [0.25, 0.3) is 0 Å². The molecule has 3 nitrogen and oxygen atoms in total. The second-order valence-corrected chi connectivity index (χ2v) is 6.76. The van der Waals surface area contributed by atoms with Gasteiger partial charge < -0.3 is 10.0 Å². The first-order valence-electron chi connectivity index (χ1n) is 8.13. The zero-order valence-corrected chi connectivity index (χ0v) is 13.0. The Morgan fingerprint density at radius 2 is 1.95 bits per heavy atom. The highest BCUT2D eigenvalue weighted by atomic mass is 16.3. The van der Waals surface area contributed by atoms with Gasteiger partial charge in [-0.3, -0.25) is 4.79 Å². The number of carbonyl (C=O) groups excluding carboxylic acids is 1. The fourth-order valence-corrected chi connectivity index (χ4v) is 3.14. The normalized spacial score (nSPS) is 24.2. The number of amides is 1. The lowest BCUT2D eigenvalue weighted by Gasteiger charge is -2.21. The van der Waals surface area contributed by atoms with Gasteiger partial charge in [-0.25, -0.2) is 0 Å². The first kappa shape index (κ1) is 14.6. The molecular weight excluding hydrogens is 262 g/mol. The molecule has 0 radical (unpaired) electrons. The van der Waals surface area contributed by atoms with Crippen molar-refractivity contribution in [2.24, 2.45) is 5.92 Å². The first-order valence-corrected chi connectivity index (χ1v) is 8.13. The smallest absolute Gasteiger partial charge is 0.226 e. The summed E-state index contributed by atoms with van der Waals surface area (Å²) < 4.78 is 0. The van der Waals surface area contributed by atoms with Crippen molar-refractivity contribution in [3.8, 4) is 0 Å². The van der Waals surface area contributed by atoms with Crippen molar-refractivity contribution >= 4 is 5.91 Å². The second-order valence-electron chi connectivity index (χ2n) is 6.76. The van der Waals surface area contributed by atoms with E-state index < -0.39 is 0 Å². The molecule has 0 aliphatic heterocycles. The van der Waals surface area contributed by atoms with Crippen LogP contribution in [0, 0.1) is 5.92 Å². The van der Waals surface area contributed by atoms with Crippen LogP contribution in [0.4, 0.5) is 0 Å². The Hall–Kier alpha value is -1.35. The van der Waals surface area contributed by atoms with Gasteiger partial charge in [0.05, 0.1) is 6.61 Å². The summed E-state index contributed by atoms with van der Waals surface area (Å²) in [4.78, 5) is 14.5. The van der Waals surface area contributed by atoms with Crippen LogP contribution in [-0.4, -0.2) is 35.1 Å². The fourth-order valence-electron chi connectivity index (χ4n) is 3.14. The summed E-state index contributed by atoms with van der Waals surface area (Å²) in [6.45, 7) is 4.96. The Balaban J connectivity index is 1.63. The highest BCUT2D eigenvalue weighted by Crippen LogP contribution is 2.49. The van der Waals surface area contributed by atoms with Crippen LogP contribution in [-0.2, 0) is 4.79 Å². The lowest BCUT2D eigenvalue weighted by Crippen LogP contribution is -2.36. The minimum Gasteiger partial charge on any atom is -0.395 e. The quantitative estimate of drug-likeness (QED) is 0.874. The molecule has 1 N–H and O–H groups in total. The molecule has 114 valence electrons. The molecule has 2 fully saturated rings. The lowest BCUT2D eigenvalue weighted by molar-refractivity contribution is -0.133. The monoisotopic (exact) mass is 287 g/mol. The third kappa shape index (κ3) is 3.13. The Kier molecular flexibility index (Phi) is 4.03. The van der Waals surface area contributed by atoms with Crippen molar-refractivity contribution in [1.82, 2.24) is 4.90 Å². The van der Waals surface area contributed by atoms with Gasteiger partial charge in [-0.2, -0.15) is 0 Å². The zero-order valence-electron chi connectivity index (χ0n) is 13.0. The van der Waals surface area contributed by atoms with Crippen molar-refractivity contribution in [2.75, 3.05) is 13.2 Å². The van der Waals surface area contributed by atoms with Crippen LogP contribution < -0.4 is 0 Å². The van der Waals surface area contributed by atoms with Gasteiger partial charge in [-0.1, -0.05) is 38.1 Å². The van der Waals surface area contributed by atoms with Crippen molar-refractivity contribution in [3.05, 3.63) is 35.4 Å². The summed E-state index contributed by atoms with van der Waals surface area (Å²) in [6.07, 6.45) is 3.17. The molecule has 1 aromatic rings. The molecule has 2 aliphatic rings. The van der Waals surface area contributed by atoms with Crippen LogP contribution in [0.3, 0.4) is 0 Å². The predicted octanol–water partition coefficient (Wildman–Crippen LogP) is 2.90. The van der Waals surface area contributed by atoms with E-state index >= 15 is 0 Å². The van der Waals surface area contributed by atoms with E-state index in [0.29, 0.717) is 24.4 Å². The number of carbonyl (C=O) groups is 1. The maximum atomic E-state index is 12.6. The minimum atomic E-state index is 0.0721. The molecule has 2 saturated carbocycles. The molecule has 21 heavy (non-hydrogen) atoms. The van der Waals surface area contributed by atoms with Gasteiger partial charge in [-0.05, 0) is 42.2 Å². The number of benzene rings is 1. The number of hydrogen-bond acceptors (Lipinski definition) is 2. The van der Waals surface area contributed by atoms with Crippen LogP contribution >= 0.6 is 0 Å². The SMILES string of the molecule is CC(C)c1ccc(C2CC2C(=O)N(CCO)C2CC2)cc1. The summed E-state index contributed by atoms with van der Waals surface area (Å²) in [5.41, 5.74) is 2.64. The van der Waals surface area contributed by atoms with E-state index in [1.807, 2.05) is 4.90 Å². The first-order chi connectivity index (χ1) is 10.1. The van der Waals surface area contributed by atoms with Crippen LogP contribution in [0.2, 0.25) is 0 Å². The highest BCUT2D eigenvalue weighted by molar-refractivity contribution is 5.83. The molecule has 0 spiro atoms. The van der Waals surface area contributed by atoms with Crippen LogP contribution in [0.5, 0.6) is 0 Å². The Labute approximate surface area is 127 Å². The molecule has 1 aromatic carbocycles. The highest BCUT2D eigenvalue weighted by Gasteiger charge is 2.47. The van der Waals surface area contributed by atoms with Gasteiger partial charge in [0, 0.05) is 18.5 Å². The molecule has 2 atom stereocenters. The maximum Gasteiger partial charge on any atom is 0.226 e. The van der Waals surface area contributed by atoms with E-state index in [9.17, 15) is 4.79 Å². The molecule has 2 aliphatic carbocycles. The largest absolute Gasteiger partial charge is 0.395 e. The number of nitrogens with zero attached hydrogens (tertiary/aromatic N) is 1. The summed E-state index contributed by atoms with van der Waals surface area (Å²) in [5.74, 6) is 1.33. The molecule has 0 heterocycles. The molecule has 2 unspecified atom stereocenters. The molecule has 3 heteroatoms. The Morgan fingerprint density at radius 1 is 1.29 bits per heavy atom. The standard InChI is InChI=1S/C18H25NO2/c1-12(2)13-3-5-14(6-4-13)16-11-17(16)18(21)19(9-10-20)15-7-8-15/h3-6,12,15-17,20H,7-11H2,1-2H3. The van der Waals surface area contributed by atoms with E-state index in [0.717, 1.165) is 19.3 Å². The van der Waals surface area contributed by atoms with Crippen LogP contribution in [0.15, 0.2) is 24.3 Å². The van der Waals surface area contributed by atoms with Gasteiger partial charge in [0.15, 0.2) is 0 Å². The zero-order chi connectivity index (χ0) is 15.0. The molecule has 0 saturated heterocycles. The lowest BCUT2D eigenvalue weighted by atomic mass is 10.00. The van der Waals surface area contributed by atoms with E-state index in [1.54, 1.807) is 0 Å². The number of hydrogen-bond donors (Lipinski definition) is 1. The van der Waals surface area contributed by atoms with Crippen molar-refractivity contribution in [1.29, 1.82) is 0 Å². The third-order valence-electron chi connectivity index (χ3n) is 4.75. The molecule has 3 rings (SSSR count). The van der Waals surface area contributed by atoms with Gasteiger partial charge in [0.2, 0.25) is 5.91 Å². The van der Waals surface area contributed by atoms with E-state index in [-0.39, 0.29) is 18.4 Å². The van der Waals surface area contributed by atoms with Crippen molar-refractivity contribution in [3.63, 3.8) is 0 Å². The van der Waals surface area contributed by atoms with E-state index in [2.05, 4.69) is 38.1 Å². The van der Waals surface area contributed by atoms with Gasteiger partial charge in [0.25, 0.3) is 0 Å². The summed E-state index contributed by atoms with van der Waals surface area (Å²) in [7, 11) is 0. The molecule has 0 aromatic heterocycles. The Bertz CT molecular complexity index is 504. The number of aliphatic hydroxyl groups is 1. The number of aliphatic hydroxyl groups excluding tert-OH is 1. The summed E-state index contributed by atoms with van der Waals surface area (Å²) in [5, 5.41) is 9.14. The Morgan fingerprint density at radius 3 is 2.48 bits per heavy atom. The predicted molar refractivity (Wildman–Crippen MR) is 83.2 cm³/mol. The number of rotatable bonds is 6. The van der Waals surface area contributed by atoms with Crippen molar-refractivity contribution < 1.29 is 9.90 Å². The minimum absolute atomic E-state index is 0.0721. The molecular formula is C18H25NO2. The third-order valence-corrected chi connectivity index (χ3v) is 4.75. The van der Waals surface area contributed by atoms with Crippen LogP contribution in [0.1, 0.15) is 56.1 Å². The average molecular weight is 287 g/mol. The second kappa shape index (κ2) is 5.80. The van der Waals surface area contributed by atoms with Crippen molar-refractivity contribution in [2.45, 2.75) is 51.0 Å². The topological polar surface area (TPSA) is 40.5 Å².